The second-order valence-corrected chi connectivity index (χ2v) is 8.59. The Morgan fingerprint density at radius 2 is 0.923 bits per heavy atom. The van der Waals surface area contributed by atoms with Gasteiger partial charge in [-0.3, -0.25) is 9.59 Å². The van der Waals surface area contributed by atoms with E-state index in [1.807, 2.05) is 0 Å². The Balaban J connectivity index is 1.15. The summed E-state index contributed by atoms with van der Waals surface area (Å²) in [5.41, 5.74) is 0. The highest BCUT2D eigenvalue weighted by Crippen LogP contribution is 2.56. The van der Waals surface area contributed by atoms with Crippen molar-refractivity contribution in [2.24, 2.45) is 35.5 Å². The molecular formula is C22H26O4. The second kappa shape index (κ2) is 6.40. The predicted octanol–water partition coefficient (Wildman–Crippen LogP) is 4.37. The molecule has 4 aliphatic carbocycles. The first kappa shape index (κ1) is 16.3. The lowest BCUT2D eigenvalue weighted by molar-refractivity contribution is -0.137. The Bertz CT molecular complexity index is 624. The molecule has 4 nitrogen and oxygen atoms in total. The van der Waals surface area contributed by atoms with Crippen LogP contribution in [0.3, 0.4) is 0 Å². The summed E-state index contributed by atoms with van der Waals surface area (Å²) in [5.74, 6) is 3.33. The minimum atomic E-state index is -0.0892. The summed E-state index contributed by atoms with van der Waals surface area (Å²) in [6.07, 6.45) is 9.65. The minimum Gasteiger partial charge on any atom is -0.426 e. The Morgan fingerprint density at radius 3 is 1.23 bits per heavy atom. The molecular weight excluding hydrogens is 328 g/mol. The zero-order valence-corrected chi connectivity index (χ0v) is 15.1. The molecule has 0 saturated heterocycles. The highest BCUT2D eigenvalue weighted by Gasteiger charge is 2.56. The highest BCUT2D eigenvalue weighted by atomic mass is 16.5. The van der Waals surface area contributed by atoms with Gasteiger partial charge < -0.3 is 9.47 Å². The summed E-state index contributed by atoms with van der Waals surface area (Å²) < 4.78 is 11.1. The number of hydrogen-bond donors (Lipinski definition) is 0. The van der Waals surface area contributed by atoms with E-state index in [0.29, 0.717) is 35.2 Å². The number of hydrogen-bond acceptors (Lipinski definition) is 4. The topological polar surface area (TPSA) is 52.6 Å². The molecule has 4 saturated carbocycles. The van der Waals surface area contributed by atoms with Crippen molar-refractivity contribution in [1.29, 1.82) is 0 Å². The van der Waals surface area contributed by atoms with Gasteiger partial charge in [-0.05, 0) is 73.6 Å². The fourth-order valence-corrected chi connectivity index (χ4v) is 5.63. The van der Waals surface area contributed by atoms with Crippen molar-refractivity contribution in [2.45, 2.75) is 51.4 Å². The summed E-state index contributed by atoms with van der Waals surface area (Å²) in [7, 11) is 0. The summed E-state index contributed by atoms with van der Waals surface area (Å²) in [4.78, 5) is 24.7. The normalized spacial score (nSPS) is 37.1. The third-order valence-electron chi connectivity index (χ3n) is 7.12. The number of benzene rings is 1. The average molecular weight is 354 g/mol. The van der Waals surface area contributed by atoms with Crippen LogP contribution in [-0.2, 0) is 9.59 Å². The van der Waals surface area contributed by atoms with Crippen molar-refractivity contribution in [3.8, 4) is 11.5 Å². The van der Waals surface area contributed by atoms with E-state index in [0.717, 1.165) is 0 Å². The van der Waals surface area contributed by atoms with E-state index in [9.17, 15) is 9.59 Å². The molecule has 26 heavy (non-hydrogen) atoms. The summed E-state index contributed by atoms with van der Waals surface area (Å²) >= 11 is 0. The SMILES string of the molecule is O=C(Oc1ccc(OC(=O)C2[C@H]3CCCC[C@H]23)cc1)C1[C@H]2CCCC[C@H]12. The molecule has 0 aliphatic heterocycles. The maximum Gasteiger partial charge on any atom is 0.314 e. The van der Waals surface area contributed by atoms with E-state index in [2.05, 4.69) is 0 Å². The van der Waals surface area contributed by atoms with Gasteiger partial charge in [0.2, 0.25) is 0 Å². The predicted molar refractivity (Wildman–Crippen MR) is 95.6 cm³/mol. The quantitative estimate of drug-likeness (QED) is 0.595. The van der Waals surface area contributed by atoms with Crippen LogP contribution in [-0.4, -0.2) is 11.9 Å². The van der Waals surface area contributed by atoms with Gasteiger partial charge in [0.15, 0.2) is 0 Å². The third kappa shape index (κ3) is 2.93. The number of carbonyl (C=O) groups excluding carboxylic acids is 2. The molecule has 0 amide bonds. The van der Waals surface area contributed by atoms with Crippen LogP contribution < -0.4 is 9.47 Å². The molecule has 0 heterocycles. The Morgan fingerprint density at radius 1 is 0.615 bits per heavy atom. The number of fused-ring (bicyclic) bond motifs is 2. The molecule has 5 rings (SSSR count). The molecule has 4 aliphatic rings. The van der Waals surface area contributed by atoms with E-state index in [-0.39, 0.29) is 23.8 Å². The van der Waals surface area contributed by atoms with Crippen molar-refractivity contribution >= 4 is 11.9 Å². The number of esters is 2. The lowest BCUT2D eigenvalue weighted by Crippen LogP contribution is -2.13. The van der Waals surface area contributed by atoms with Crippen molar-refractivity contribution in [2.75, 3.05) is 0 Å². The van der Waals surface area contributed by atoms with Crippen LogP contribution in [0.1, 0.15) is 51.4 Å². The van der Waals surface area contributed by atoms with Gasteiger partial charge in [0.05, 0.1) is 11.8 Å². The van der Waals surface area contributed by atoms with Gasteiger partial charge in [-0.25, -0.2) is 0 Å². The van der Waals surface area contributed by atoms with Gasteiger partial charge in [0, 0.05) is 0 Å². The fourth-order valence-electron chi connectivity index (χ4n) is 5.63. The number of ether oxygens (including phenoxy) is 2. The molecule has 138 valence electrons. The molecule has 0 spiro atoms. The number of rotatable bonds is 4. The zero-order valence-electron chi connectivity index (χ0n) is 15.1. The first-order chi connectivity index (χ1) is 12.7. The third-order valence-corrected chi connectivity index (χ3v) is 7.12. The van der Waals surface area contributed by atoms with Gasteiger partial charge in [-0.1, -0.05) is 25.7 Å². The van der Waals surface area contributed by atoms with E-state index in [1.165, 1.54) is 51.4 Å². The van der Waals surface area contributed by atoms with Crippen molar-refractivity contribution < 1.29 is 19.1 Å². The van der Waals surface area contributed by atoms with Gasteiger partial charge in [0.1, 0.15) is 11.5 Å². The van der Waals surface area contributed by atoms with Crippen LogP contribution in [0.15, 0.2) is 24.3 Å². The van der Waals surface area contributed by atoms with E-state index in [1.54, 1.807) is 24.3 Å². The van der Waals surface area contributed by atoms with Gasteiger partial charge in [0.25, 0.3) is 0 Å². The highest BCUT2D eigenvalue weighted by molar-refractivity contribution is 5.80. The monoisotopic (exact) mass is 354 g/mol. The second-order valence-electron chi connectivity index (χ2n) is 8.59. The Hall–Kier alpha value is -1.84. The molecule has 0 radical (unpaired) electrons. The maximum atomic E-state index is 12.3. The average Bonchev–Trinajstić information content (AvgIpc) is 3.55. The Kier molecular flexibility index (Phi) is 4.02. The molecule has 0 aromatic heterocycles. The summed E-state index contributed by atoms with van der Waals surface area (Å²) in [5, 5.41) is 0. The summed E-state index contributed by atoms with van der Waals surface area (Å²) in [6.45, 7) is 0. The van der Waals surface area contributed by atoms with Gasteiger partial charge in [-0.2, -0.15) is 0 Å². The van der Waals surface area contributed by atoms with Crippen molar-refractivity contribution in [3.05, 3.63) is 24.3 Å². The fraction of sp³-hybridized carbons (Fsp3) is 0.636. The standard InChI is InChI=1S/C22H26O4/c23-21(19-15-5-1-2-6-16(15)19)25-13-9-11-14(12-10-13)26-22(24)20-17-7-3-4-8-18(17)20/h9-12,15-20H,1-8H2/t15-,16-,17-,18-/m0/s1. The van der Waals surface area contributed by atoms with E-state index < -0.39 is 0 Å². The molecule has 1 aromatic carbocycles. The molecule has 0 bridgehead atoms. The first-order valence-corrected chi connectivity index (χ1v) is 10.3. The lowest BCUT2D eigenvalue weighted by Gasteiger charge is -2.07. The number of carbonyl (C=O) groups is 2. The minimum absolute atomic E-state index is 0.0892. The van der Waals surface area contributed by atoms with Crippen molar-refractivity contribution in [3.63, 3.8) is 0 Å². The van der Waals surface area contributed by atoms with Crippen LogP contribution in [0.5, 0.6) is 11.5 Å². The van der Waals surface area contributed by atoms with E-state index in [4.69, 9.17) is 9.47 Å². The van der Waals surface area contributed by atoms with Crippen LogP contribution in [0.4, 0.5) is 0 Å². The van der Waals surface area contributed by atoms with Crippen LogP contribution in [0.25, 0.3) is 0 Å². The summed E-state index contributed by atoms with van der Waals surface area (Å²) in [6, 6.07) is 6.91. The van der Waals surface area contributed by atoms with Crippen LogP contribution >= 0.6 is 0 Å². The molecule has 4 heteroatoms. The molecule has 4 atom stereocenters. The maximum absolute atomic E-state index is 12.3. The Labute approximate surface area is 154 Å². The smallest absolute Gasteiger partial charge is 0.314 e. The lowest BCUT2D eigenvalue weighted by atomic mass is 10.0. The molecule has 1 aromatic rings. The zero-order chi connectivity index (χ0) is 17.7. The first-order valence-electron chi connectivity index (χ1n) is 10.3. The van der Waals surface area contributed by atoms with Crippen molar-refractivity contribution in [1.82, 2.24) is 0 Å². The molecule has 0 unspecified atom stereocenters. The van der Waals surface area contributed by atoms with Gasteiger partial charge >= 0.3 is 11.9 Å². The van der Waals surface area contributed by atoms with Crippen LogP contribution in [0.2, 0.25) is 0 Å². The largest absolute Gasteiger partial charge is 0.426 e. The van der Waals surface area contributed by atoms with E-state index >= 15 is 0 Å². The van der Waals surface area contributed by atoms with Crippen LogP contribution in [0, 0.1) is 35.5 Å². The molecule has 0 N–H and O–H groups in total. The molecule has 4 fully saturated rings. The van der Waals surface area contributed by atoms with Gasteiger partial charge in [-0.15, -0.1) is 0 Å².